The van der Waals surface area contributed by atoms with Gasteiger partial charge in [-0.25, -0.2) is 0 Å². The lowest BCUT2D eigenvalue weighted by Crippen LogP contribution is -2.52. The molecule has 0 bridgehead atoms. The lowest BCUT2D eigenvalue weighted by Gasteiger charge is -2.35. The van der Waals surface area contributed by atoms with Gasteiger partial charge >= 0.3 is 0 Å². The smallest absolute Gasteiger partial charge is 0.236 e. The van der Waals surface area contributed by atoms with Crippen LogP contribution in [-0.2, 0) is 22.7 Å². The number of carbonyl (C=O) groups is 2. The lowest BCUT2D eigenvalue weighted by atomic mass is 10.2. The third-order valence-corrected chi connectivity index (χ3v) is 7.32. The van der Waals surface area contributed by atoms with Gasteiger partial charge in [0.1, 0.15) is 0 Å². The maximum absolute atomic E-state index is 12.7. The summed E-state index contributed by atoms with van der Waals surface area (Å²) in [4.78, 5) is 31.8. The summed E-state index contributed by atoms with van der Waals surface area (Å²) in [6.07, 6.45) is 4.72. The molecule has 2 aromatic rings. The molecule has 1 aromatic carbocycles. The number of piperazine rings is 1. The second-order valence-electron chi connectivity index (χ2n) is 9.92. The zero-order valence-electron chi connectivity index (χ0n) is 21.3. The van der Waals surface area contributed by atoms with Gasteiger partial charge in [-0.15, -0.1) is 0 Å². The number of nitrogens with zero attached hydrogens (tertiary/aromatic N) is 5. The van der Waals surface area contributed by atoms with Gasteiger partial charge in [-0.2, -0.15) is 5.10 Å². The van der Waals surface area contributed by atoms with E-state index in [4.69, 9.17) is 0 Å². The Kier molecular flexibility index (Phi) is 8.93. The molecule has 0 spiro atoms. The predicted molar refractivity (Wildman–Crippen MR) is 137 cm³/mol. The molecule has 3 heterocycles. The highest BCUT2D eigenvalue weighted by atomic mass is 16.2. The predicted octanol–water partition coefficient (Wildman–Crippen LogP) is 2.18. The van der Waals surface area contributed by atoms with Gasteiger partial charge in [0.15, 0.2) is 0 Å². The summed E-state index contributed by atoms with van der Waals surface area (Å²) in [5, 5.41) is 7.78. The fraction of sp³-hybridized carbons (Fsp3) is 0.593. The molecule has 190 valence electrons. The van der Waals surface area contributed by atoms with Gasteiger partial charge in [-0.1, -0.05) is 43.2 Å². The van der Waals surface area contributed by atoms with Crippen molar-refractivity contribution >= 4 is 11.8 Å². The third kappa shape index (κ3) is 7.15. The first kappa shape index (κ1) is 25.4. The van der Waals surface area contributed by atoms with E-state index in [2.05, 4.69) is 39.3 Å². The molecule has 0 saturated carbocycles. The van der Waals surface area contributed by atoms with Gasteiger partial charge in [0.25, 0.3) is 0 Å². The minimum Gasteiger partial charge on any atom is -0.351 e. The fourth-order valence-electron chi connectivity index (χ4n) is 5.06. The Morgan fingerprint density at radius 3 is 2.14 bits per heavy atom. The number of hydrogen-bond donors (Lipinski definition) is 1. The zero-order chi connectivity index (χ0) is 24.6. The quantitative estimate of drug-likeness (QED) is 0.627. The highest BCUT2D eigenvalue weighted by Gasteiger charge is 2.23. The van der Waals surface area contributed by atoms with Gasteiger partial charge in [-0.05, 0) is 32.3 Å². The molecule has 4 rings (SSSR count). The molecule has 0 aliphatic carbocycles. The van der Waals surface area contributed by atoms with Crippen LogP contribution in [0.2, 0.25) is 0 Å². The van der Waals surface area contributed by atoms with Crippen LogP contribution in [0.15, 0.2) is 30.3 Å². The van der Waals surface area contributed by atoms with Crippen molar-refractivity contribution < 1.29 is 9.59 Å². The topological polar surface area (TPSA) is 73.7 Å². The molecule has 8 nitrogen and oxygen atoms in total. The molecule has 1 N–H and O–H groups in total. The van der Waals surface area contributed by atoms with Crippen LogP contribution in [-0.4, -0.2) is 88.7 Å². The van der Waals surface area contributed by atoms with Crippen molar-refractivity contribution in [3.05, 3.63) is 52.8 Å². The average Bonchev–Trinajstić information content (AvgIpc) is 3.03. The van der Waals surface area contributed by atoms with E-state index in [1.54, 1.807) is 0 Å². The second kappa shape index (κ2) is 12.3. The summed E-state index contributed by atoms with van der Waals surface area (Å²) >= 11 is 0. The summed E-state index contributed by atoms with van der Waals surface area (Å²) in [5.74, 6) is 0.297. The Morgan fingerprint density at radius 1 is 0.857 bits per heavy atom. The van der Waals surface area contributed by atoms with Crippen LogP contribution in [0.3, 0.4) is 0 Å². The second-order valence-corrected chi connectivity index (χ2v) is 9.92. The number of rotatable bonds is 8. The van der Waals surface area contributed by atoms with Gasteiger partial charge in [-0.3, -0.25) is 24.1 Å². The molecule has 1 aromatic heterocycles. The van der Waals surface area contributed by atoms with E-state index in [-0.39, 0.29) is 11.8 Å². The van der Waals surface area contributed by atoms with Gasteiger partial charge in [0, 0.05) is 57.1 Å². The van der Waals surface area contributed by atoms with E-state index in [0.717, 1.165) is 75.6 Å². The van der Waals surface area contributed by atoms with Crippen LogP contribution >= 0.6 is 0 Å². The highest BCUT2D eigenvalue weighted by molar-refractivity contribution is 5.78. The number of aryl methyl sites for hydroxylation is 1. The average molecular weight is 481 g/mol. The lowest BCUT2D eigenvalue weighted by molar-refractivity contribution is -0.133. The minimum atomic E-state index is 0.0358. The molecular formula is C27H40N6O2. The number of aromatic nitrogens is 2. The molecule has 2 aliphatic rings. The maximum Gasteiger partial charge on any atom is 0.236 e. The van der Waals surface area contributed by atoms with Crippen molar-refractivity contribution in [1.82, 2.24) is 29.8 Å². The Hall–Kier alpha value is -2.71. The number of amides is 2. The number of benzene rings is 1. The third-order valence-electron chi connectivity index (χ3n) is 7.32. The molecule has 0 unspecified atom stereocenters. The molecule has 2 saturated heterocycles. The Morgan fingerprint density at radius 2 is 1.49 bits per heavy atom. The first-order valence-electron chi connectivity index (χ1n) is 13.1. The number of likely N-dealkylation sites (tertiary alicyclic amines) is 1. The Bertz CT molecular complexity index is 973. The molecular weight excluding hydrogens is 440 g/mol. The molecule has 8 heteroatoms. The number of hydrogen-bond acceptors (Lipinski definition) is 5. The van der Waals surface area contributed by atoms with Gasteiger partial charge in [0.2, 0.25) is 11.8 Å². The van der Waals surface area contributed by atoms with Crippen LogP contribution in [0.5, 0.6) is 0 Å². The van der Waals surface area contributed by atoms with E-state index in [1.807, 2.05) is 34.7 Å². The Balaban J connectivity index is 1.19. The van der Waals surface area contributed by atoms with Crippen LogP contribution < -0.4 is 5.32 Å². The summed E-state index contributed by atoms with van der Waals surface area (Å²) in [5.41, 5.74) is 4.35. The van der Waals surface area contributed by atoms with E-state index < -0.39 is 0 Å². The van der Waals surface area contributed by atoms with Crippen molar-refractivity contribution in [2.45, 2.75) is 52.6 Å². The fourth-order valence-corrected chi connectivity index (χ4v) is 5.06. The van der Waals surface area contributed by atoms with Crippen molar-refractivity contribution in [2.24, 2.45) is 0 Å². The monoisotopic (exact) mass is 480 g/mol. The van der Waals surface area contributed by atoms with Crippen LogP contribution in [0.4, 0.5) is 0 Å². The van der Waals surface area contributed by atoms with Gasteiger partial charge < -0.3 is 10.2 Å². The van der Waals surface area contributed by atoms with Crippen LogP contribution in [0.25, 0.3) is 0 Å². The van der Waals surface area contributed by atoms with Gasteiger partial charge in [0.05, 0.1) is 25.3 Å². The summed E-state index contributed by atoms with van der Waals surface area (Å²) in [6, 6.07) is 10.3. The zero-order valence-corrected chi connectivity index (χ0v) is 21.3. The summed E-state index contributed by atoms with van der Waals surface area (Å²) in [7, 11) is 0. The maximum atomic E-state index is 12.7. The molecule has 2 amide bonds. The first-order valence-corrected chi connectivity index (χ1v) is 13.1. The van der Waals surface area contributed by atoms with Crippen molar-refractivity contribution in [3.63, 3.8) is 0 Å². The van der Waals surface area contributed by atoms with E-state index >= 15 is 0 Å². The van der Waals surface area contributed by atoms with Crippen LogP contribution in [0.1, 0.15) is 48.2 Å². The summed E-state index contributed by atoms with van der Waals surface area (Å²) in [6.45, 7) is 11.3. The molecule has 2 fully saturated rings. The number of carbonyl (C=O) groups excluding carboxylic acids is 2. The van der Waals surface area contributed by atoms with Crippen molar-refractivity contribution in [3.8, 4) is 0 Å². The first-order chi connectivity index (χ1) is 17.0. The molecule has 35 heavy (non-hydrogen) atoms. The van der Waals surface area contributed by atoms with E-state index in [1.165, 1.54) is 18.4 Å². The number of nitrogens with one attached hydrogen (secondary N) is 1. The van der Waals surface area contributed by atoms with E-state index in [0.29, 0.717) is 19.6 Å². The standard InChI is InChI=1S/C27H40N6O2/c1-22-25(23(2)33(29-22)19-24-10-6-5-7-11-24)18-28-26(34)20-30-14-16-31(17-15-30)21-27(35)32-12-8-3-4-9-13-32/h5-7,10-11H,3-4,8-9,12-21H2,1-2H3,(H,28,34). The van der Waals surface area contributed by atoms with Crippen molar-refractivity contribution in [1.29, 1.82) is 0 Å². The highest BCUT2D eigenvalue weighted by Crippen LogP contribution is 2.15. The minimum absolute atomic E-state index is 0.0358. The molecule has 0 radical (unpaired) electrons. The Labute approximate surface area is 209 Å². The molecule has 2 aliphatic heterocycles. The molecule has 0 atom stereocenters. The van der Waals surface area contributed by atoms with Crippen LogP contribution in [0, 0.1) is 13.8 Å². The largest absolute Gasteiger partial charge is 0.351 e. The van der Waals surface area contributed by atoms with Crippen molar-refractivity contribution in [2.75, 3.05) is 52.4 Å². The van der Waals surface area contributed by atoms with E-state index in [9.17, 15) is 9.59 Å². The normalized spacial score (nSPS) is 17.8. The summed E-state index contributed by atoms with van der Waals surface area (Å²) < 4.78 is 2.01. The SMILES string of the molecule is Cc1nn(Cc2ccccc2)c(C)c1CNC(=O)CN1CCN(CC(=O)N2CCCCCC2)CC1.